The molecule has 0 bridgehead atoms. The Labute approximate surface area is 129 Å². The number of ether oxygens (including phenoxy) is 1. The number of nitrogens with zero attached hydrogens (tertiary/aromatic N) is 2. The van der Waals surface area contributed by atoms with Crippen LogP contribution in [0.25, 0.3) is 0 Å². The highest BCUT2D eigenvalue weighted by molar-refractivity contribution is 5.02. The first-order chi connectivity index (χ1) is 10.2. The molecule has 0 saturated carbocycles. The first-order valence-electron chi connectivity index (χ1n) is 8.58. The van der Waals surface area contributed by atoms with Crippen molar-refractivity contribution in [3.05, 3.63) is 18.0 Å². The molecule has 4 heteroatoms. The van der Waals surface area contributed by atoms with E-state index < -0.39 is 0 Å². The second-order valence-corrected chi connectivity index (χ2v) is 6.41. The average molecular weight is 293 g/mol. The van der Waals surface area contributed by atoms with Crippen LogP contribution in [0.1, 0.15) is 64.6 Å². The van der Waals surface area contributed by atoms with E-state index in [2.05, 4.69) is 43.4 Å². The van der Waals surface area contributed by atoms with Crippen molar-refractivity contribution in [3.63, 3.8) is 0 Å². The second kappa shape index (κ2) is 8.54. The van der Waals surface area contributed by atoms with Crippen LogP contribution in [0, 0.1) is 0 Å². The standard InChI is InChI=1S/C17H31N3O/c1-4-18-15(8-9-17-7-5-6-12-21-17)13-16-10-11-20(19-16)14(2)3/h10-11,14-15,17-18H,4-9,12-13H2,1-3H3. The summed E-state index contributed by atoms with van der Waals surface area (Å²) in [4.78, 5) is 0. The summed E-state index contributed by atoms with van der Waals surface area (Å²) in [5.74, 6) is 0. The Bertz CT molecular complexity index is 396. The van der Waals surface area contributed by atoms with Crippen LogP contribution < -0.4 is 5.32 Å². The SMILES string of the molecule is CCNC(CCC1CCCCO1)Cc1ccn(C(C)C)n1. The molecule has 2 atom stereocenters. The molecule has 1 aliphatic rings. The molecular weight excluding hydrogens is 262 g/mol. The maximum absolute atomic E-state index is 5.84. The van der Waals surface area contributed by atoms with Gasteiger partial charge in [-0.2, -0.15) is 5.10 Å². The first-order valence-corrected chi connectivity index (χ1v) is 8.58. The Kier molecular flexibility index (Phi) is 6.71. The number of rotatable bonds is 8. The van der Waals surface area contributed by atoms with Crippen LogP contribution in [0.4, 0.5) is 0 Å². The van der Waals surface area contributed by atoms with Crippen LogP contribution >= 0.6 is 0 Å². The lowest BCUT2D eigenvalue weighted by Gasteiger charge is -2.25. The van der Waals surface area contributed by atoms with E-state index >= 15 is 0 Å². The maximum Gasteiger partial charge on any atom is 0.0640 e. The van der Waals surface area contributed by atoms with Crippen molar-refractivity contribution in [1.29, 1.82) is 0 Å². The van der Waals surface area contributed by atoms with Crippen molar-refractivity contribution in [1.82, 2.24) is 15.1 Å². The molecule has 2 rings (SSSR count). The van der Waals surface area contributed by atoms with Gasteiger partial charge >= 0.3 is 0 Å². The van der Waals surface area contributed by atoms with Crippen molar-refractivity contribution in [2.75, 3.05) is 13.2 Å². The molecule has 0 radical (unpaired) electrons. The molecule has 2 heterocycles. The molecule has 1 fully saturated rings. The third kappa shape index (κ3) is 5.44. The minimum atomic E-state index is 0.437. The molecule has 4 nitrogen and oxygen atoms in total. The first kappa shape index (κ1) is 16.5. The summed E-state index contributed by atoms with van der Waals surface area (Å²) in [6.45, 7) is 8.48. The lowest BCUT2D eigenvalue weighted by Crippen LogP contribution is -2.33. The molecule has 0 spiro atoms. The molecule has 1 saturated heterocycles. The summed E-state index contributed by atoms with van der Waals surface area (Å²) in [5, 5.41) is 8.28. The van der Waals surface area contributed by atoms with Crippen molar-refractivity contribution in [3.8, 4) is 0 Å². The van der Waals surface area contributed by atoms with Crippen molar-refractivity contribution in [2.45, 2.75) is 77.5 Å². The average Bonchev–Trinajstić information content (AvgIpc) is 2.95. The third-order valence-corrected chi connectivity index (χ3v) is 4.25. The lowest BCUT2D eigenvalue weighted by molar-refractivity contribution is 0.00859. The molecule has 1 aliphatic heterocycles. The van der Waals surface area contributed by atoms with Crippen LogP contribution in [0.15, 0.2) is 12.3 Å². The highest BCUT2D eigenvalue weighted by atomic mass is 16.5. The highest BCUT2D eigenvalue weighted by Crippen LogP contribution is 2.19. The summed E-state index contributed by atoms with van der Waals surface area (Å²) < 4.78 is 7.89. The summed E-state index contributed by atoms with van der Waals surface area (Å²) in [5.41, 5.74) is 1.19. The fourth-order valence-corrected chi connectivity index (χ4v) is 3.01. The molecule has 0 aromatic carbocycles. The molecular formula is C17H31N3O. The van der Waals surface area contributed by atoms with Gasteiger partial charge in [0.05, 0.1) is 11.8 Å². The topological polar surface area (TPSA) is 39.1 Å². The van der Waals surface area contributed by atoms with Gasteiger partial charge in [-0.15, -0.1) is 0 Å². The van der Waals surface area contributed by atoms with Crippen LogP contribution in [0.3, 0.4) is 0 Å². The van der Waals surface area contributed by atoms with Gasteiger partial charge in [-0.05, 0) is 58.6 Å². The largest absolute Gasteiger partial charge is 0.378 e. The maximum atomic E-state index is 5.84. The van der Waals surface area contributed by atoms with Crippen molar-refractivity contribution >= 4 is 0 Å². The van der Waals surface area contributed by atoms with E-state index in [1.165, 1.54) is 37.8 Å². The fraction of sp³-hybridized carbons (Fsp3) is 0.824. The number of nitrogens with one attached hydrogen (secondary N) is 1. The second-order valence-electron chi connectivity index (χ2n) is 6.41. The van der Waals surface area contributed by atoms with Gasteiger partial charge in [0.2, 0.25) is 0 Å². The van der Waals surface area contributed by atoms with E-state index in [9.17, 15) is 0 Å². The van der Waals surface area contributed by atoms with Gasteiger partial charge in [0, 0.05) is 31.3 Å². The quantitative estimate of drug-likeness (QED) is 0.799. The Morgan fingerprint density at radius 2 is 2.29 bits per heavy atom. The zero-order valence-corrected chi connectivity index (χ0v) is 13.8. The Morgan fingerprint density at radius 1 is 1.43 bits per heavy atom. The molecule has 1 aromatic rings. The van der Waals surface area contributed by atoms with Crippen LogP contribution in [-0.4, -0.2) is 35.1 Å². The van der Waals surface area contributed by atoms with E-state index in [-0.39, 0.29) is 0 Å². The normalized spacial score (nSPS) is 20.9. The van der Waals surface area contributed by atoms with Gasteiger partial charge in [0.25, 0.3) is 0 Å². The van der Waals surface area contributed by atoms with Crippen molar-refractivity contribution in [2.24, 2.45) is 0 Å². The van der Waals surface area contributed by atoms with Crippen LogP contribution in [0.5, 0.6) is 0 Å². The zero-order valence-electron chi connectivity index (χ0n) is 13.8. The van der Waals surface area contributed by atoms with E-state index in [0.29, 0.717) is 18.2 Å². The monoisotopic (exact) mass is 293 g/mol. The molecule has 120 valence electrons. The van der Waals surface area contributed by atoms with Gasteiger partial charge in [0.1, 0.15) is 0 Å². The van der Waals surface area contributed by atoms with E-state index in [0.717, 1.165) is 19.6 Å². The van der Waals surface area contributed by atoms with Gasteiger partial charge in [-0.25, -0.2) is 0 Å². The van der Waals surface area contributed by atoms with E-state index in [1.807, 2.05) is 4.68 Å². The third-order valence-electron chi connectivity index (χ3n) is 4.25. The van der Waals surface area contributed by atoms with Gasteiger partial charge in [-0.3, -0.25) is 4.68 Å². The van der Waals surface area contributed by atoms with E-state index in [1.54, 1.807) is 0 Å². The molecule has 2 unspecified atom stereocenters. The summed E-state index contributed by atoms with van der Waals surface area (Å²) in [7, 11) is 0. The number of aromatic nitrogens is 2. The molecule has 21 heavy (non-hydrogen) atoms. The summed E-state index contributed by atoms with van der Waals surface area (Å²) in [6.07, 6.45) is 9.73. The Hall–Kier alpha value is -0.870. The predicted octanol–water partition coefficient (Wildman–Crippen LogP) is 3.33. The minimum Gasteiger partial charge on any atom is -0.378 e. The minimum absolute atomic E-state index is 0.437. The van der Waals surface area contributed by atoms with Crippen molar-refractivity contribution < 1.29 is 4.74 Å². The number of likely N-dealkylation sites (N-methyl/N-ethyl adjacent to an activating group) is 1. The zero-order chi connectivity index (χ0) is 15.1. The fourth-order valence-electron chi connectivity index (χ4n) is 3.01. The van der Waals surface area contributed by atoms with Crippen LogP contribution in [0.2, 0.25) is 0 Å². The lowest BCUT2D eigenvalue weighted by atomic mass is 9.99. The summed E-state index contributed by atoms with van der Waals surface area (Å²) >= 11 is 0. The van der Waals surface area contributed by atoms with Gasteiger partial charge < -0.3 is 10.1 Å². The predicted molar refractivity (Wildman–Crippen MR) is 86.6 cm³/mol. The van der Waals surface area contributed by atoms with Gasteiger partial charge in [-0.1, -0.05) is 6.92 Å². The Balaban J connectivity index is 1.82. The smallest absolute Gasteiger partial charge is 0.0640 e. The van der Waals surface area contributed by atoms with Gasteiger partial charge in [0.15, 0.2) is 0 Å². The highest BCUT2D eigenvalue weighted by Gasteiger charge is 2.17. The van der Waals surface area contributed by atoms with Crippen LogP contribution in [-0.2, 0) is 11.2 Å². The number of hydrogen-bond donors (Lipinski definition) is 1. The van der Waals surface area contributed by atoms with E-state index in [4.69, 9.17) is 4.74 Å². The Morgan fingerprint density at radius 3 is 2.90 bits per heavy atom. The molecule has 1 N–H and O–H groups in total. The molecule has 0 aliphatic carbocycles. The molecule has 0 amide bonds. The number of hydrogen-bond acceptors (Lipinski definition) is 3. The molecule has 1 aromatic heterocycles. The summed E-state index contributed by atoms with van der Waals surface area (Å²) in [6, 6.07) is 3.10.